The van der Waals surface area contributed by atoms with Gasteiger partial charge < -0.3 is 5.32 Å². The lowest BCUT2D eigenvalue weighted by Gasteiger charge is -2.26. The van der Waals surface area contributed by atoms with Crippen molar-refractivity contribution in [3.8, 4) is 0 Å². The molecule has 0 saturated heterocycles. The van der Waals surface area contributed by atoms with Crippen molar-refractivity contribution in [3.63, 3.8) is 0 Å². The Labute approximate surface area is 224 Å². The summed E-state index contributed by atoms with van der Waals surface area (Å²) in [4.78, 5) is 5.31. The second-order valence-electron chi connectivity index (χ2n) is 9.99. The number of para-hydroxylation sites is 2. The van der Waals surface area contributed by atoms with Gasteiger partial charge >= 0.3 is 0 Å². The third-order valence-corrected chi connectivity index (χ3v) is 8.87. The number of hydrogen-bond acceptors (Lipinski definition) is 3. The van der Waals surface area contributed by atoms with Crippen molar-refractivity contribution in [2.24, 2.45) is 4.99 Å². The molecule has 182 valence electrons. The fourth-order valence-electron chi connectivity index (χ4n) is 5.91. The summed E-state index contributed by atoms with van der Waals surface area (Å²) >= 11 is 1.86. The Morgan fingerprint density at radius 1 is 0.763 bits per heavy atom. The monoisotopic (exact) mass is 507 g/mol. The van der Waals surface area contributed by atoms with Crippen LogP contribution in [0.25, 0.3) is 47.7 Å². The zero-order valence-electron chi connectivity index (χ0n) is 20.8. The van der Waals surface area contributed by atoms with Crippen LogP contribution in [0, 0.1) is 0 Å². The first-order valence-electron chi connectivity index (χ1n) is 13.2. The Balaban J connectivity index is 1.31. The first kappa shape index (κ1) is 21.7. The quantitative estimate of drug-likeness (QED) is 0.250. The maximum absolute atomic E-state index is 5.31. The molecule has 4 aromatic carbocycles. The summed E-state index contributed by atoms with van der Waals surface area (Å²) in [6.45, 7) is 0. The smallest absolute Gasteiger partial charge is 0.208 e. The topological polar surface area (TPSA) is 29.3 Å². The van der Waals surface area contributed by atoms with Gasteiger partial charge in [0.1, 0.15) is 0 Å². The van der Waals surface area contributed by atoms with Crippen LogP contribution in [0.2, 0.25) is 0 Å². The van der Waals surface area contributed by atoms with Crippen LogP contribution >= 0.6 is 11.3 Å². The predicted octanol–water partition coefficient (Wildman–Crippen LogP) is 8.66. The molecule has 1 aliphatic heterocycles. The van der Waals surface area contributed by atoms with Gasteiger partial charge in [0.2, 0.25) is 5.96 Å². The van der Waals surface area contributed by atoms with Crippen LogP contribution < -0.4 is 5.32 Å². The second-order valence-corrected chi connectivity index (χ2v) is 11.1. The molecule has 1 aliphatic carbocycles. The van der Waals surface area contributed by atoms with Crippen molar-refractivity contribution in [2.75, 3.05) is 0 Å². The Kier molecular flexibility index (Phi) is 4.89. The molecule has 3 heterocycles. The number of thiophene rings is 1. The van der Waals surface area contributed by atoms with Gasteiger partial charge in [0.05, 0.1) is 17.1 Å². The number of aromatic nitrogens is 1. The SMILES string of the molecule is C1=CCCC(C2C=C(c3ccc4c(c3)sc3ccccc34)NC(n3c4ccccc4c4ccccc43)=N2)=C1. The van der Waals surface area contributed by atoms with Crippen molar-refractivity contribution >= 4 is 65.0 Å². The van der Waals surface area contributed by atoms with Gasteiger partial charge in [0.15, 0.2) is 0 Å². The zero-order chi connectivity index (χ0) is 25.1. The number of nitrogens with one attached hydrogen (secondary N) is 1. The third kappa shape index (κ3) is 3.37. The van der Waals surface area contributed by atoms with Crippen LogP contribution in [-0.4, -0.2) is 16.6 Å². The fourth-order valence-corrected chi connectivity index (χ4v) is 7.05. The molecule has 38 heavy (non-hydrogen) atoms. The number of rotatable bonds is 2. The number of allylic oxidation sites excluding steroid dienone is 3. The van der Waals surface area contributed by atoms with E-state index < -0.39 is 0 Å². The molecular formula is C34H25N3S. The van der Waals surface area contributed by atoms with E-state index in [4.69, 9.17) is 4.99 Å². The molecule has 0 spiro atoms. The lowest BCUT2D eigenvalue weighted by atomic mass is 9.95. The van der Waals surface area contributed by atoms with Crippen LogP contribution in [0.5, 0.6) is 0 Å². The van der Waals surface area contributed by atoms with E-state index in [2.05, 4.69) is 125 Å². The minimum Gasteiger partial charge on any atom is -0.325 e. The highest BCUT2D eigenvalue weighted by Gasteiger charge is 2.24. The molecule has 1 unspecified atom stereocenters. The van der Waals surface area contributed by atoms with E-state index in [1.165, 1.54) is 42.1 Å². The van der Waals surface area contributed by atoms with Crippen LogP contribution in [0.15, 0.2) is 126 Å². The van der Waals surface area contributed by atoms with Gasteiger partial charge in [0, 0.05) is 36.6 Å². The van der Waals surface area contributed by atoms with E-state index in [1.807, 2.05) is 11.3 Å². The van der Waals surface area contributed by atoms with Gasteiger partial charge in [-0.2, -0.15) is 0 Å². The predicted molar refractivity (Wildman–Crippen MR) is 163 cm³/mol. The Morgan fingerprint density at radius 3 is 2.24 bits per heavy atom. The molecule has 3 nitrogen and oxygen atoms in total. The molecule has 0 radical (unpaired) electrons. The summed E-state index contributed by atoms with van der Waals surface area (Å²) < 4.78 is 4.93. The summed E-state index contributed by atoms with van der Waals surface area (Å²) in [5.74, 6) is 0.872. The van der Waals surface area contributed by atoms with Gasteiger partial charge in [-0.25, -0.2) is 4.99 Å². The number of fused-ring (bicyclic) bond motifs is 6. The molecular weight excluding hydrogens is 482 g/mol. The van der Waals surface area contributed by atoms with Gasteiger partial charge in [-0.15, -0.1) is 11.3 Å². The Hall–Kier alpha value is -4.41. The highest BCUT2D eigenvalue weighted by atomic mass is 32.1. The van der Waals surface area contributed by atoms with E-state index in [0.717, 1.165) is 35.5 Å². The average Bonchev–Trinajstić information content (AvgIpc) is 3.53. The number of aliphatic imine (C=N–C) groups is 1. The lowest BCUT2D eigenvalue weighted by molar-refractivity contribution is 0.812. The van der Waals surface area contributed by atoms with Crippen molar-refractivity contribution in [1.82, 2.24) is 9.88 Å². The summed E-state index contributed by atoms with van der Waals surface area (Å²) in [5.41, 5.74) is 5.98. The number of hydrogen-bond donors (Lipinski definition) is 1. The average molecular weight is 508 g/mol. The van der Waals surface area contributed by atoms with Gasteiger partial charge in [0.25, 0.3) is 0 Å². The molecule has 0 amide bonds. The maximum atomic E-state index is 5.31. The van der Waals surface area contributed by atoms with Crippen molar-refractivity contribution in [1.29, 1.82) is 0 Å². The van der Waals surface area contributed by atoms with Crippen LogP contribution in [0.1, 0.15) is 18.4 Å². The maximum Gasteiger partial charge on any atom is 0.208 e. The highest BCUT2D eigenvalue weighted by molar-refractivity contribution is 7.25. The van der Waals surface area contributed by atoms with Gasteiger partial charge in [-0.1, -0.05) is 85.0 Å². The minimum atomic E-state index is -0.00997. The summed E-state index contributed by atoms with van der Waals surface area (Å²) in [6.07, 6.45) is 11.1. The van der Waals surface area contributed by atoms with Gasteiger partial charge in [-0.3, -0.25) is 4.57 Å². The van der Waals surface area contributed by atoms with E-state index in [-0.39, 0.29) is 6.04 Å². The standard InChI is InChI=1S/C34H25N3S/c1-2-10-22(11-3-1)28-21-29(23-18-19-27-26-14-6-9-17-32(26)38-33(27)20-23)36-34(35-28)37-30-15-7-4-12-24(30)25-13-5-8-16-31(25)37/h1-2,4-10,12-21,28H,3,11H2,(H,35,36). The summed E-state index contributed by atoms with van der Waals surface area (Å²) in [5, 5.41) is 8.89. The van der Waals surface area contributed by atoms with Crippen molar-refractivity contribution in [3.05, 3.63) is 126 Å². The Morgan fingerprint density at radius 2 is 1.47 bits per heavy atom. The minimum absolute atomic E-state index is 0.00997. The Bertz CT molecular complexity index is 1960. The molecule has 0 saturated carbocycles. The summed E-state index contributed by atoms with van der Waals surface area (Å²) in [7, 11) is 0. The van der Waals surface area contributed by atoms with Crippen LogP contribution in [0.3, 0.4) is 0 Å². The number of nitrogens with zero attached hydrogens (tertiary/aromatic N) is 2. The zero-order valence-corrected chi connectivity index (χ0v) is 21.6. The first-order chi connectivity index (χ1) is 18.8. The first-order valence-corrected chi connectivity index (χ1v) is 14.0. The lowest BCUT2D eigenvalue weighted by Crippen LogP contribution is -2.34. The van der Waals surface area contributed by atoms with Gasteiger partial charge in [-0.05, 0) is 54.3 Å². The largest absolute Gasteiger partial charge is 0.325 e. The molecule has 0 bridgehead atoms. The normalized spacial score (nSPS) is 17.6. The highest BCUT2D eigenvalue weighted by Crippen LogP contribution is 2.36. The van der Waals surface area contributed by atoms with E-state index in [9.17, 15) is 0 Å². The van der Waals surface area contributed by atoms with Crippen molar-refractivity contribution < 1.29 is 0 Å². The molecule has 4 heteroatoms. The third-order valence-electron chi connectivity index (χ3n) is 7.74. The fraction of sp³-hybridized carbons (Fsp3) is 0.0882. The van der Waals surface area contributed by atoms with Crippen LogP contribution in [-0.2, 0) is 0 Å². The summed E-state index contributed by atoms with van der Waals surface area (Å²) in [6, 6.07) is 32.8. The van der Waals surface area contributed by atoms with E-state index in [0.29, 0.717) is 0 Å². The number of benzene rings is 4. The molecule has 1 N–H and O–H groups in total. The molecule has 2 aliphatic rings. The molecule has 8 rings (SSSR count). The van der Waals surface area contributed by atoms with E-state index >= 15 is 0 Å². The molecule has 1 atom stereocenters. The molecule has 0 fully saturated rings. The van der Waals surface area contributed by atoms with Crippen LogP contribution in [0.4, 0.5) is 0 Å². The van der Waals surface area contributed by atoms with E-state index in [1.54, 1.807) is 0 Å². The molecule has 6 aromatic rings. The molecule has 2 aromatic heterocycles. The van der Waals surface area contributed by atoms with Crippen molar-refractivity contribution in [2.45, 2.75) is 18.9 Å². The second kappa shape index (κ2) is 8.57.